The molecule has 0 amide bonds. The standard InChI is InChI=1S/C29H12FN5/c30-19-6-8-21-23-12-26-22(11-27(23)29(35-15-33)25(21)10-19)20-7-5-18(9-24(20)28(26)34-14-32)17-3-1-16(13-31)2-4-17/h1-12H. The van der Waals surface area contributed by atoms with Gasteiger partial charge in [-0.3, -0.25) is 0 Å². The largest absolute Gasteiger partial charge is 0.207 e. The Kier molecular flexibility index (Phi) is 4.39. The lowest BCUT2D eigenvalue weighted by atomic mass is 10.0. The highest BCUT2D eigenvalue weighted by atomic mass is 19.1. The van der Waals surface area contributed by atoms with Crippen molar-refractivity contribution in [3.63, 3.8) is 0 Å². The maximum Gasteiger partial charge on any atom is 0.206 e. The smallest absolute Gasteiger partial charge is 0.206 e. The number of rotatable bonds is 1. The second-order valence-corrected chi connectivity index (χ2v) is 8.20. The van der Waals surface area contributed by atoms with E-state index in [1.165, 1.54) is 12.1 Å². The van der Waals surface area contributed by atoms with Gasteiger partial charge in [0.05, 0.1) is 22.3 Å². The van der Waals surface area contributed by atoms with Crippen LogP contribution in [0.3, 0.4) is 0 Å². The maximum atomic E-state index is 14.0. The molecule has 6 rings (SSSR count). The molecule has 6 aromatic rings. The minimum atomic E-state index is -0.401. The lowest BCUT2D eigenvalue weighted by Gasteiger charge is -2.02. The van der Waals surface area contributed by atoms with E-state index in [1.54, 1.807) is 18.2 Å². The fourth-order valence-corrected chi connectivity index (χ4v) is 4.91. The summed E-state index contributed by atoms with van der Waals surface area (Å²) in [5.74, 6) is -0.401. The molecule has 0 saturated heterocycles. The van der Waals surface area contributed by atoms with Crippen molar-refractivity contribution in [3.8, 4) is 29.6 Å². The summed E-state index contributed by atoms with van der Waals surface area (Å²) in [5.41, 5.74) is 2.46. The molecule has 0 spiro atoms. The predicted molar refractivity (Wildman–Crippen MR) is 131 cm³/mol. The average Bonchev–Trinajstić information content (AvgIpc) is 3.34. The van der Waals surface area contributed by atoms with Crippen LogP contribution < -0.4 is 10.7 Å². The van der Waals surface area contributed by atoms with E-state index < -0.39 is 5.82 Å². The zero-order chi connectivity index (χ0) is 24.1. The first-order chi connectivity index (χ1) is 17.1. The molecule has 6 aromatic carbocycles. The van der Waals surface area contributed by atoms with Crippen molar-refractivity contribution in [3.05, 3.63) is 94.9 Å². The summed E-state index contributed by atoms with van der Waals surface area (Å²) < 4.78 is 14.0. The Morgan fingerprint density at radius 3 is 1.60 bits per heavy atom. The first kappa shape index (κ1) is 20.2. The number of benzene rings is 4. The molecule has 0 radical (unpaired) electrons. The van der Waals surface area contributed by atoms with Gasteiger partial charge in [-0.05, 0) is 75.1 Å². The van der Waals surface area contributed by atoms with Crippen LogP contribution in [-0.2, 0) is 0 Å². The van der Waals surface area contributed by atoms with Crippen LogP contribution in [0.5, 0.6) is 0 Å². The zero-order valence-electron chi connectivity index (χ0n) is 18.0. The second-order valence-electron chi connectivity index (χ2n) is 8.20. The van der Waals surface area contributed by atoms with E-state index in [2.05, 4.69) is 16.1 Å². The van der Waals surface area contributed by atoms with Gasteiger partial charge in [0.25, 0.3) is 0 Å². The van der Waals surface area contributed by atoms with Crippen molar-refractivity contribution in [1.29, 1.82) is 15.8 Å². The number of halogens is 1. The minimum absolute atomic E-state index is 0.401. The fourth-order valence-electron chi connectivity index (χ4n) is 4.91. The van der Waals surface area contributed by atoms with E-state index in [9.17, 15) is 14.9 Å². The monoisotopic (exact) mass is 449 g/mol. The first-order valence-electron chi connectivity index (χ1n) is 10.7. The van der Waals surface area contributed by atoms with E-state index in [0.29, 0.717) is 21.7 Å². The normalized spacial score (nSPS) is 12.4. The molecule has 5 nitrogen and oxygen atoms in total. The Morgan fingerprint density at radius 1 is 0.514 bits per heavy atom. The van der Waals surface area contributed by atoms with Crippen molar-refractivity contribution in [2.45, 2.75) is 0 Å². The summed E-state index contributed by atoms with van der Waals surface area (Å²) in [5, 5.41) is 35.1. The summed E-state index contributed by atoms with van der Waals surface area (Å²) in [4.78, 5) is 8.16. The Labute approximate surface area is 197 Å². The van der Waals surface area contributed by atoms with Gasteiger partial charge in [0.1, 0.15) is 5.82 Å². The van der Waals surface area contributed by atoms with E-state index in [1.807, 2.05) is 54.9 Å². The highest BCUT2D eigenvalue weighted by Crippen LogP contribution is 2.34. The molecule has 0 fully saturated rings. The summed E-state index contributed by atoms with van der Waals surface area (Å²) in [6, 6.07) is 23.7. The molecular formula is C29H12FN5. The SMILES string of the molecule is N#CN=c1c2cc(F)ccc2c2cc3c(=NC#N)c4cc(-c5ccc(C#N)cc5)ccc4c3cc12. The van der Waals surface area contributed by atoms with E-state index in [-0.39, 0.29) is 0 Å². The third kappa shape index (κ3) is 2.97. The van der Waals surface area contributed by atoms with Crippen molar-refractivity contribution in [2.75, 3.05) is 0 Å². The van der Waals surface area contributed by atoms with Crippen LogP contribution in [0.25, 0.3) is 54.2 Å². The van der Waals surface area contributed by atoms with E-state index in [4.69, 9.17) is 5.26 Å². The van der Waals surface area contributed by atoms with Crippen LogP contribution in [0.2, 0.25) is 0 Å². The molecule has 0 atom stereocenters. The Morgan fingerprint density at radius 2 is 1.03 bits per heavy atom. The topological polar surface area (TPSA) is 96.1 Å². The lowest BCUT2D eigenvalue weighted by molar-refractivity contribution is 0.629. The van der Waals surface area contributed by atoms with Crippen LogP contribution in [0.4, 0.5) is 4.39 Å². The molecule has 0 saturated carbocycles. The first-order valence-corrected chi connectivity index (χ1v) is 10.7. The molecular weight excluding hydrogens is 437 g/mol. The maximum absolute atomic E-state index is 14.0. The number of fused-ring (bicyclic) bond motifs is 6. The Bertz CT molecular complexity index is 2090. The summed E-state index contributed by atoms with van der Waals surface area (Å²) >= 11 is 0. The van der Waals surface area contributed by atoms with Crippen molar-refractivity contribution in [2.24, 2.45) is 9.98 Å². The molecule has 35 heavy (non-hydrogen) atoms. The fraction of sp³-hybridized carbons (Fsp3) is 0. The number of nitriles is 3. The van der Waals surface area contributed by atoms with Crippen LogP contribution in [0.1, 0.15) is 5.56 Å². The third-order valence-electron chi connectivity index (χ3n) is 6.43. The van der Waals surface area contributed by atoms with Crippen molar-refractivity contribution >= 4 is 43.1 Å². The molecule has 0 N–H and O–H groups in total. The molecule has 160 valence electrons. The van der Waals surface area contributed by atoms with Crippen molar-refractivity contribution in [1.82, 2.24) is 0 Å². The highest BCUT2D eigenvalue weighted by Gasteiger charge is 2.16. The second kappa shape index (κ2) is 7.59. The molecule has 0 aliphatic rings. The van der Waals surface area contributed by atoms with Gasteiger partial charge in [-0.1, -0.05) is 30.3 Å². The van der Waals surface area contributed by atoms with Crippen LogP contribution in [-0.4, -0.2) is 0 Å². The number of hydrogen-bond acceptors (Lipinski definition) is 5. The molecule has 0 heterocycles. The van der Waals surface area contributed by atoms with Gasteiger partial charge in [-0.25, -0.2) is 4.39 Å². The highest BCUT2D eigenvalue weighted by molar-refractivity contribution is 6.21. The minimum Gasteiger partial charge on any atom is -0.207 e. The Balaban J connectivity index is 1.74. The van der Waals surface area contributed by atoms with Crippen LogP contribution in [0.15, 0.2) is 82.8 Å². The molecule has 0 aromatic heterocycles. The van der Waals surface area contributed by atoms with Gasteiger partial charge in [0, 0.05) is 21.5 Å². The Hall–Kier alpha value is -5.38. The lowest BCUT2D eigenvalue weighted by Crippen LogP contribution is -1.99. The van der Waals surface area contributed by atoms with Gasteiger partial charge in [0.2, 0.25) is 12.4 Å². The zero-order valence-corrected chi connectivity index (χ0v) is 18.0. The number of hydrogen-bond donors (Lipinski definition) is 0. The van der Waals surface area contributed by atoms with Gasteiger partial charge < -0.3 is 0 Å². The van der Waals surface area contributed by atoms with Gasteiger partial charge in [-0.15, -0.1) is 0 Å². The molecule has 0 bridgehead atoms. The van der Waals surface area contributed by atoms with E-state index >= 15 is 0 Å². The summed E-state index contributed by atoms with van der Waals surface area (Å²) in [6.45, 7) is 0. The van der Waals surface area contributed by atoms with Gasteiger partial charge in [-0.2, -0.15) is 25.8 Å². The molecule has 0 unspecified atom stereocenters. The molecule has 0 aliphatic carbocycles. The van der Waals surface area contributed by atoms with Gasteiger partial charge >= 0.3 is 0 Å². The number of nitrogens with zero attached hydrogens (tertiary/aromatic N) is 5. The van der Waals surface area contributed by atoms with Crippen LogP contribution in [0, 0.1) is 40.1 Å². The predicted octanol–water partition coefficient (Wildman–Crippen LogP) is 5.62. The van der Waals surface area contributed by atoms with Crippen LogP contribution >= 0.6 is 0 Å². The van der Waals surface area contributed by atoms with E-state index in [0.717, 1.165) is 48.8 Å². The summed E-state index contributed by atoms with van der Waals surface area (Å²) in [7, 11) is 0. The quantitative estimate of drug-likeness (QED) is 0.305. The summed E-state index contributed by atoms with van der Waals surface area (Å²) in [6.07, 6.45) is 3.76. The average molecular weight is 449 g/mol. The molecule has 0 aliphatic heterocycles. The van der Waals surface area contributed by atoms with Crippen molar-refractivity contribution < 1.29 is 4.39 Å². The third-order valence-corrected chi connectivity index (χ3v) is 6.43. The molecule has 6 heteroatoms. The van der Waals surface area contributed by atoms with Gasteiger partial charge in [0.15, 0.2) is 0 Å².